The van der Waals surface area contributed by atoms with Crippen LogP contribution < -0.4 is 5.32 Å². The third-order valence-electron chi connectivity index (χ3n) is 3.52. The number of alkyl carbamates (subject to hydrolysis) is 1. The van der Waals surface area contributed by atoms with Gasteiger partial charge in [0.25, 0.3) is 0 Å². The molecule has 2 fully saturated rings. The fourth-order valence-corrected chi connectivity index (χ4v) is 3.39. The molecule has 0 unspecified atom stereocenters. The van der Waals surface area contributed by atoms with Gasteiger partial charge >= 0.3 is 6.09 Å². The smallest absolute Gasteiger partial charge is 0.407 e. The van der Waals surface area contributed by atoms with Crippen LogP contribution in [0.15, 0.2) is 0 Å². The molecule has 2 atom stereocenters. The average Bonchev–Trinajstić information content (AvgIpc) is 2.69. The van der Waals surface area contributed by atoms with E-state index < -0.39 is 0 Å². The van der Waals surface area contributed by atoms with Gasteiger partial charge in [-0.05, 0) is 18.8 Å². The van der Waals surface area contributed by atoms with Crippen molar-refractivity contribution in [1.82, 2.24) is 5.32 Å². The van der Waals surface area contributed by atoms with Crippen molar-refractivity contribution in [3.05, 3.63) is 0 Å². The van der Waals surface area contributed by atoms with Crippen molar-refractivity contribution in [1.29, 1.82) is 0 Å². The molecule has 0 aromatic heterocycles. The molecule has 0 spiro atoms. The second kappa shape index (κ2) is 5.76. The van der Waals surface area contributed by atoms with Gasteiger partial charge in [-0.15, -0.1) is 0 Å². The number of carbonyl (C=O) groups excluding carboxylic acids is 2. The molecule has 1 heterocycles. The minimum Gasteiger partial charge on any atom is -0.444 e. The number of hydrogen-bond acceptors (Lipinski definition) is 4. The molecule has 1 saturated carbocycles. The molecule has 0 radical (unpaired) electrons. The van der Waals surface area contributed by atoms with Crippen molar-refractivity contribution < 1.29 is 14.3 Å². The number of rotatable bonds is 3. The Morgan fingerprint density at radius 1 is 1.41 bits per heavy atom. The topological polar surface area (TPSA) is 55.4 Å². The summed E-state index contributed by atoms with van der Waals surface area (Å²) in [4.78, 5) is 22.3. The second-order valence-electron chi connectivity index (χ2n) is 4.82. The summed E-state index contributed by atoms with van der Waals surface area (Å²) in [6.45, 7) is 1.55. The van der Waals surface area contributed by atoms with E-state index in [-0.39, 0.29) is 23.4 Å². The predicted octanol–water partition coefficient (Wildman–Crippen LogP) is 2.32. The van der Waals surface area contributed by atoms with E-state index in [1.165, 1.54) is 31.0 Å². The average molecular weight is 257 g/mol. The molecule has 0 bridgehead atoms. The molecular weight excluding hydrogens is 238 g/mol. The lowest BCUT2D eigenvalue weighted by Gasteiger charge is -2.28. The highest BCUT2D eigenvalue weighted by molar-refractivity contribution is 8.13. The molecular formula is C12H19NO3S. The van der Waals surface area contributed by atoms with E-state index in [1.54, 1.807) is 6.92 Å². The number of ether oxygens (including phenoxy) is 1. The Morgan fingerprint density at radius 2 is 2.12 bits per heavy atom. The summed E-state index contributed by atoms with van der Waals surface area (Å²) in [5.74, 6) is 1.10. The van der Waals surface area contributed by atoms with Gasteiger partial charge in [-0.1, -0.05) is 31.0 Å². The zero-order chi connectivity index (χ0) is 12.3. The number of hydrogen-bond donors (Lipinski definition) is 1. The van der Waals surface area contributed by atoms with Gasteiger partial charge in [-0.2, -0.15) is 0 Å². The van der Waals surface area contributed by atoms with Crippen molar-refractivity contribution in [2.45, 2.75) is 51.2 Å². The van der Waals surface area contributed by atoms with Crippen LogP contribution in [0.1, 0.15) is 39.0 Å². The van der Waals surface area contributed by atoms with Gasteiger partial charge in [-0.25, -0.2) is 4.79 Å². The number of amides is 1. The highest BCUT2D eigenvalue weighted by atomic mass is 32.2. The Labute approximate surface area is 106 Å². The first-order valence-electron chi connectivity index (χ1n) is 6.27. The van der Waals surface area contributed by atoms with E-state index in [4.69, 9.17) is 4.74 Å². The molecule has 96 valence electrons. The van der Waals surface area contributed by atoms with Crippen LogP contribution in [-0.4, -0.2) is 29.1 Å². The maximum atomic E-state index is 11.3. The summed E-state index contributed by atoms with van der Waals surface area (Å²) in [7, 11) is 0. The Kier molecular flexibility index (Phi) is 4.31. The van der Waals surface area contributed by atoms with Crippen LogP contribution in [0, 0.1) is 5.92 Å². The fourth-order valence-electron chi connectivity index (χ4n) is 2.70. The third kappa shape index (κ3) is 3.37. The van der Waals surface area contributed by atoms with Crippen molar-refractivity contribution in [3.63, 3.8) is 0 Å². The highest BCUT2D eigenvalue weighted by Gasteiger charge is 2.39. The standard InChI is InChI=1S/C12H19NO3S/c1-8(14)17-7-10-11(16-12(15)13-10)9-5-3-2-4-6-9/h9-11H,2-7H2,1H3,(H,13,15)/t10-,11+/m1/s1. The Balaban J connectivity index is 1.92. The lowest BCUT2D eigenvalue weighted by Crippen LogP contribution is -2.39. The summed E-state index contributed by atoms with van der Waals surface area (Å²) in [5.41, 5.74) is 0. The molecule has 1 N–H and O–H groups in total. The number of thioether (sulfide) groups is 1. The van der Waals surface area contributed by atoms with Gasteiger partial charge in [-0.3, -0.25) is 4.79 Å². The Bertz CT molecular complexity index is 302. The van der Waals surface area contributed by atoms with Crippen molar-refractivity contribution in [3.8, 4) is 0 Å². The van der Waals surface area contributed by atoms with E-state index in [1.807, 2.05) is 0 Å². The summed E-state index contributed by atoms with van der Waals surface area (Å²) in [6.07, 6.45) is 5.67. The number of cyclic esters (lactones) is 1. The van der Waals surface area contributed by atoms with Gasteiger partial charge in [0.05, 0.1) is 6.04 Å². The quantitative estimate of drug-likeness (QED) is 0.843. The van der Waals surface area contributed by atoms with Crippen LogP contribution in [0.3, 0.4) is 0 Å². The van der Waals surface area contributed by atoms with Gasteiger partial charge in [0.1, 0.15) is 6.10 Å². The molecule has 1 aliphatic carbocycles. The molecule has 1 amide bonds. The molecule has 5 heteroatoms. The molecule has 1 aliphatic heterocycles. The lowest BCUT2D eigenvalue weighted by atomic mass is 9.83. The minimum absolute atomic E-state index is 0.000463. The van der Waals surface area contributed by atoms with E-state index in [0.717, 1.165) is 12.8 Å². The van der Waals surface area contributed by atoms with Crippen LogP contribution in [0.2, 0.25) is 0 Å². The van der Waals surface area contributed by atoms with Gasteiger partial charge < -0.3 is 10.1 Å². The van der Waals surface area contributed by atoms with Crippen LogP contribution in [0.4, 0.5) is 4.79 Å². The maximum absolute atomic E-state index is 11.3. The first-order chi connectivity index (χ1) is 8.16. The lowest BCUT2D eigenvalue weighted by molar-refractivity contribution is -0.109. The molecule has 1 saturated heterocycles. The minimum atomic E-state index is -0.324. The van der Waals surface area contributed by atoms with Crippen LogP contribution in [-0.2, 0) is 9.53 Å². The highest BCUT2D eigenvalue weighted by Crippen LogP contribution is 2.32. The van der Waals surface area contributed by atoms with Gasteiger partial charge in [0, 0.05) is 12.7 Å². The molecule has 0 aromatic carbocycles. The van der Waals surface area contributed by atoms with Gasteiger partial charge in [0.15, 0.2) is 5.12 Å². The number of carbonyl (C=O) groups is 2. The zero-order valence-electron chi connectivity index (χ0n) is 10.1. The molecule has 0 aromatic rings. The SMILES string of the molecule is CC(=O)SC[C@H]1NC(=O)O[C@H]1C1CCCCC1. The van der Waals surface area contributed by atoms with Crippen molar-refractivity contribution >= 4 is 23.0 Å². The molecule has 4 nitrogen and oxygen atoms in total. The van der Waals surface area contributed by atoms with E-state index in [9.17, 15) is 9.59 Å². The second-order valence-corrected chi connectivity index (χ2v) is 6.02. The summed E-state index contributed by atoms with van der Waals surface area (Å²) in [5, 5.41) is 2.91. The molecule has 17 heavy (non-hydrogen) atoms. The Morgan fingerprint density at radius 3 is 2.76 bits per heavy atom. The van der Waals surface area contributed by atoms with E-state index in [2.05, 4.69) is 5.32 Å². The van der Waals surface area contributed by atoms with E-state index >= 15 is 0 Å². The van der Waals surface area contributed by atoms with Crippen molar-refractivity contribution in [2.24, 2.45) is 5.92 Å². The Hall–Kier alpha value is -0.710. The fraction of sp³-hybridized carbons (Fsp3) is 0.833. The number of nitrogens with one attached hydrogen (secondary N) is 1. The zero-order valence-corrected chi connectivity index (χ0v) is 10.9. The third-order valence-corrected chi connectivity index (χ3v) is 4.46. The van der Waals surface area contributed by atoms with Crippen molar-refractivity contribution in [2.75, 3.05) is 5.75 Å². The van der Waals surface area contributed by atoms with E-state index in [0.29, 0.717) is 11.7 Å². The predicted molar refractivity (Wildman–Crippen MR) is 66.9 cm³/mol. The largest absolute Gasteiger partial charge is 0.444 e. The van der Waals surface area contributed by atoms with Crippen LogP contribution in [0.25, 0.3) is 0 Å². The van der Waals surface area contributed by atoms with Crippen LogP contribution >= 0.6 is 11.8 Å². The molecule has 2 aliphatic rings. The summed E-state index contributed by atoms with van der Waals surface area (Å²) >= 11 is 1.26. The summed E-state index contributed by atoms with van der Waals surface area (Å²) < 4.78 is 5.37. The van der Waals surface area contributed by atoms with Crippen LogP contribution in [0.5, 0.6) is 0 Å². The van der Waals surface area contributed by atoms with Gasteiger partial charge in [0.2, 0.25) is 0 Å². The molecule has 2 rings (SSSR count). The monoisotopic (exact) mass is 257 g/mol. The normalized spacial score (nSPS) is 29.8. The first-order valence-corrected chi connectivity index (χ1v) is 7.26. The maximum Gasteiger partial charge on any atom is 0.407 e. The first kappa shape index (κ1) is 12.7. The summed E-state index contributed by atoms with van der Waals surface area (Å²) in [6, 6.07) is -0.000463.